The fourth-order valence-corrected chi connectivity index (χ4v) is 3.34. The lowest BCUT2D eigenvalue weighted by molar-refractivity contribution is -0.131. The molecule has 0 saturated heterocycles. The molecule has 3 nitrogen and oxygen atoms in total. The third-order valence-electron chi connectivity index (χ3n) is 4.60. The van der Waals surface area contributed by atoms with E-state index in [1.165, 1.54) is 12.5 Å². The Kier molecular flexibility index (Phi) is 4.27. The number of amides is 1. The van der Waals surface area contributed by atoms with Crippen LogP contribution in [0.4, 0.5) is 4.39 Å². The van der Waals surface area contributed by atoms with Gasteiger partial charge in [-0.3, -0.25) is 4.79 Å². The molecule has 1 fully saturated rings. The van der Waals surface area contributed by atoms with Crippen LogP contribution in [-0.2, 0) is 16.9 Å². The van der Waals surface area contributed by atoms with E-state index in [1.807, 2.05) is 29.1 Å². The predicted octanol–water partition coefficient (Wildman–Crippen LogP) is 3.60. The van der Waals surface area contributed by atoms with Crippen molar-refractivity contribution < 1.29 is 9.18 Å². The minimum atomic E-state index is -0.521. The lowest BCUT2D eigenvalue weighted by Gasteiger charge is -2.37. The topological polar surface area (TPSA) is 34.0 Å². The average Bonchev–Trinajstić information content (AvgIpc) is 3.09. The standard InChI is InChI=1S/C18H21FN2O/c19-16-9-3-2-8-15(16)14-20-17(22)18(10-4-1-5-11-18)21-12-6-7-13-21/h2-3,6-9,12-13H,1,4-5,10-11,14H2,(H,20,22). The molecule has 0 aliphatic heterocycles. The minimum absolute atomic E-state index is 0.00773. The molecule has 1 aromatic carbocycles. The Morgan fingerprint density at radius 2 is 1.77 bits per heavy atom. The Morgan fingerprint density at radius 3 is 2.45 bits per heavy atom. The average molecular weight is 300 g/mol. The van der Waals surface area contributed by atoms with Crippen LogP contribution in [-0.4, -0.2) is 10.5 Å². The van der Waals surface area contributed by atoms with Gasteiger partial charge in [-0.15, -0.1) is 0 Å². The van der Waals surface area contributed by atoms with Crippen molar-refractivity contribution in [3.63, 3.8) is 0 Å². The highest BCUT2D eigenvalue weighted by molar-refractivity contribution is 5.84. The van der Waals surface area contributed by atoms with Crippen molar-refractivity contribution in [2.45, 2.75) is 44.2 Å². The van der Waals surface area contributed by atoms with Crippen LogP contribution in [0.5, 0.6) is 0 Å². The number of carbonyl (C=O) groups is 1. The third-order valence-corrected chi connectivity index (χ3v) is 4.60. The Hall–Kier alpha value is -2.10. The lowest BCUT2D eigenvalue weighted by atomic mass is 9.80. The normalized spacial score (nSPS) is 17.1. The third kappa shape index (κ3) is 2.78. The quantitative estimate of drug-likeness (QED) is 0.919. The van der Waals surface area contributed by atoms with E-state index in [0.717, 1.165) is 25.7 Å². The molecule has 1 saturated carbocycles. The first kappa shape index (κ1) is 14.8. The molecule has 1 N–H and O–H groups in total. The van der Waals surface area contributed by atoms with Crippen molar-refractivity contribution in [1.82, 2.24) is 9.88 Å². The maximum atomic E-state index is 13.7. The van der Waals surface area contributed by atoms with Gasteiger partial charge in [0.15, 0.2) is 0 Å². The molecule has 0 spiro atoms. The summed E-state index contributed by atoms with van der Waals surface area (Å²) >= 11 is 0. The Labute approximate surface area is 130 Å². The molecule has 2 aromatic rings. The molecule has 1 heterocycles. The number of hydrogen-bond acceptors (Lipinski definition) is 1. The monoisotopic (exact) mass is 300 g/mol. The van der Waals surface area contributed by atoms with Crippen LogP contribution in [0.2, 0.25) is 0 Å². The number of carbonyl (C=O) groups excluding carboxylic acids is 1. The number of nitrogens with one attached hydrogen (secondary N) is 1. The molecule has 4 heteroatoms. The van der Waals surface area contributed by atoms with Crippen LogP contribution in [0.15, 0.2) is 48.8 Å². The molecule has 3 rings (SSSR count). The number of rotatable bonds is 4. The van der Waals surface area contributed by atoms with E-state index < -0.39 is 5.54 Å². The summed E-state index contributed by atoms with van der Waals surface area (Å²) in [5.74, 6) is -0.284. The van der Waals surface area contributed by atoms with Crippen LogP contribution in [0.25, 0.3) is 0 Å². The molecule has 1 aliphatic carbocycles. The molecule has 1 aliphatic rings. The summed E-state index contributed by atoms with van der Waals surface area (Å²) in [6, 6.07) is 10.5. The molecule has 1 aromatic heterocycles. The van der Waals surface area contributed by atoms with Crippen molar-refractivity contribution in [2.75, 3.05) is 0 Å². The molecule has 0 radical (unpaired) electrons. The zero-order chi connectivity index (χ0) is 15.4. The van der Waals surface area contributed by atoms with Gasteiger partial charge < -0.3 is 9.88 Å². The zero-order valence-corrected chi connectivity index (χ0v) is 12.6. The molecule has 1 amide bonds. The molecular weight excluding hydrogens is 279 g/mol. The van der Waals surface area contributed by atoms with Crippen molar-refractivity contribution in [1.29, 1.82) is 0 Å². The number of benzene rings is 1. The Morgan fingerprint density at radius 1 is 1.09 bits per heavy atom. The van der Waals surface area contributed by atoms with Crippen molar-refractivity contribution in [2.24, 2.45) is 0 Å². The second-order valence-electron chi connectivity index (χ2n) is 5.96. The van der Waals surface area contributed by atoms with Gasteiger partial charge in [0.05, 0.1) is 0 Å². The highest BCUT2D eigenvalue weighted by Gasteiger charge is 2.40. The van der Waals surface area contributed by atoms with E-state index in [0.29, 0.717) is 5.56 Å². The largest absolute Gasteiger partial charge is 0.350 e. The Bertz CT molecular complexity index is 630. The minimum Gasteiger partial charge on any atom is -0.350 e. The van der Waals surface area contributed by atoms with Crippen LogP contribution < -0.4 is 5.32 Å². The Balaban J connectivity index is 1.77. The molecular formula is C18H21FN2O. The van der Waals surface area contributed by atoms with Crippen LogP contribution in [0.3, 0.4) is 0 Å². The SMILES string of the molecule is O=C(NCc1ccccc1F)C1(n2cccc2)CCCCC1. The van der Waals surface area contributed by atoms with E-state index in [4.69, 9.17) is 0 Å². The number of nitrogens with zero attached hydrogens (tertiary/aromatic N) is 1. The van der Waals surface area contributed by atoms with E-state index in [2.05, 4.69) is 5.32 Å². The molecule has 0 unspecified atom stereocenters. The van der Waals surface area contributed by atoms with Gasteiger partial charge in [-0.1, -0.05) is 37.5 Å². The summed E-state index contributed by atoms with van der Waals surface area (Å²) in [5.41, 5.74) is 0.00169. The van der Waals surface area contributed by atoms with Crippen molar-refractivity contribution in [3.8, 4) is 0 Å². The number of hydrogen-bond donors (Lipinski definition) is 1. The maximum Gasteiger partial charge on any atom is 0.246 e. The van der Waals surface area contributed by atoms with E-state index in [-0.39, 0.29) is 18.3 Å². The second kappa shape index (κ2) is 6.34. The molecule has 0 atom stereocenters. The number of halogens is 1. The van der Waals surface area contributed by atoms with Crippen LogP contribution >= 0.6 is 0 Å². The first-order valence-corrected chi connectivity index (χ1v) is 7.87. The lowest BCUT2D eigenvalue weighted by Crippen LogP contribution is -2.49. The zero-order valence-electron chi connectivity index (χ0n) is 12.6. The van der Waals surface area contributed by atoms with Gasteiger partial charge in [0.2, 0.25) is 5.91 Å². The van der Waals surface area contributed by atoms with Gasteiger partial charge >= 0.3 is 0 Å². The van der Waals surface area contributed by atoms with Gasteiger partial charge in [-0.05, 0) is 31.0 Å². The van der Waals surface area contributed by atoms with Gasteiger partial charge in [-0.25, -0.2) is 4.39 Å². The predicted molar refractivity (Wildman–Crippen MR) is 83.7 cm³/mol. The van der Waals surface area contributed by atoms with Gasteiger partial charge in [-0.2, -0.15) is 0 Å². The van der Waals surface area contributed by atoms with Gasteiger partial charge in [0.1, 0.15) is 11.4 Å². The maximum absolute atomic E-state index is 13.7. The highest BCUT2D eigenvalue weighted by Crippen LogP contribution is 2.35. The van der Waals surface area contributed by atoms with Crippen LogP contribution in [0, 0.1) is 5.82 Å². The second-order valence-corrected chi connectivity index (χ2v) is 5.96. The van der Waals surface area contributed by atoms with E-state index in [1.54, 1.807) is 18.2 Å². The summed E-state index contributed by atoms with van der Waals surface area (Å²) in [5, 5.41) is 2.94. The van der Waals surface area contributed by atoms with Gasteiger partial charge in [0.25, 0.3) is 0 Å². The number of aromatic nitrogens is 1. The van der Waals surface area contributed by atoms with Crippen LogP contribution in [0.1, 0.15) is 37.7 Å². The molecule has 0 bridgehead atoms. The molecule has 22 heavy (non-hydrogen) atoms. The summed E-state index contributed by atoms with van der Waals surface area (Å²) in [6.45, 7) is 0.231. The fourth-order valence-electron chi connectivity index (χ4n) is 3.34. The summed E-state index contributed by atoms with van der Waals surface area (Å²) in [6.07, 6.45) is 8.85. The summed E-state index contributed by atoms with van der Waals surface area (Å²) in [7, 11) is 0. The summed E-state index contributed by atoms with van der Waals surface area (Å²) < 4.78 is 15.7. The van der Waals surface area contributed by atoms with E-state index >= 15 is 0 Å². The first-order chi connectivity index (χ1) is 10.7. The highest BCUT2D eigenvalue weighted by atomic mass is 19.1. The molecule has 116 valence electrons. The summed E-state index contributed by atoms with van der Waals surface area (Å²) in [4.78, 5) is 12.8. The fraction of sp³-hybridized carbons (Fsp3) is 0.389. The van der Waals surface area contributed by atoms with Gasteiger partial charge in [0, 0.05) is 24.5 Å². The van der Waals surface area contributed by atoms with Crippen molar-refractivity contribution >= 4 is 5.91 Å². The van der Waals surface area contributed by atoms with Crippen molar-refractivity contribution in [3.05, 3.63) is 60.2 Å². The smallest absolute Gasteiger partial charge is 0.246 e. The first-order valence-electron chi connectivity index (χ1n) is 7.87. The van der Waals surface area contributed by atoms with E-state index in [9.17, 15) is 9.18 Å².